The van der Waals surface area contributed by atoms with Crippen LogP contribution in [0.4, 0.5) is 0 Å². The van der Waals surface area contributed by atoms with Gasteiger partial charge in [0.1, 0.15) is 0 Å². The Morgan fingerprint density at radius 1 is 1.35 bits per heavy atom. The molecule has 4 heteroatoms. The third kappa shape index (κ3) is 3.17. The number of thiophene rings is 1. The van der Waals surface area contributed by atoms with Crippen molar-refractivity contribution in [3.8, 4) is 0 Å². The maximum atomic E-state index is 12.1. The Morgan fingerprint density at radius 2 is 2.18 bits per heavy atom. The summed E-state index contributed by atoms with van der Waals surface area (Å²) in [6.07, 6.45) is 0. The maximum Gasteiger partial charge on any atom is 0.253 e. The lowest BCUT2D eigenvalue weighted by Gasteiger charge is -2.16. The summed E-state index contributed by atoms with van der Waals surface area (Å²) in [5.74, 6) is 0.0414. The summed E-state index contributed by atoms with van der Waals surface area (Å²) in [6.45, 7) is 0.656. The van der Waals surface area contributed by atoms with Crippen LogP contribution in [-0.4, -0.2) is 17.9 Å². The van der Waals surface area contributed by atoms with E-state index in [2.05, 4.69) is 15.9 Å². The van der Waals surface area contributed by atoms with Crippen molar-refractivity contribution in [3.63, 3.8) is 0 Å². The molecule has 1 amide bonds. The molecule has 1 aromatic carbocycles. The number of hydrogen-bond donors (Lipinski definition) is 0. The van der Waals surface area contributed by atoms with E-state index < -0.39 is 0 Å². The first-order valence-corrected chi connectivity index (χ1v) is 6.87. The van der Waals surface area contributed by atoms with Gasteiger partial charge in [0.2, 0.25) is 0 Å². The second-order valence-corrected chi connectivity index (χ2v) is 5.70. The Kier molecular flexibility index (Phi) is 3.97. The standard InChI is InChI=1S/C13H12BrNOS/c1-15(9-12-6-3-7-17-12)13(16)10-4-2-5-11(14)8-10/h2-8H,9H2,1H3. The smallest absolute Gasteiger partial charge is 0.253 e. The van der Waals surface area contributed by atoms with Crippen LogP contribution in [0.1, 0.15) is 15.2 Å². The summed E-state index contributed by atoms with van der Waals surface area (Å²) >= 11 is 5.04. The molecule has 0 spiro atoms. The number of carbonyl (C=O) groups excluding carboxylic acids is 1. The predicted octanol–water partition coefficient (Wildman–Crippen LogP) is 3.78. The molecule has 1 heterocycles. The molecule has 0 aliphatic carbocycles. The van der Waals surface area contributed by atoms with Crippen LogP contribution in [-0.2, 0) is 6.54 Å². The van der Waals surface area contributed by atoms with Gasteiger partial charge in [0.15, 0.2) is 0 Å². The van der Waals surface area contributed by atoms with Gasteiger partial charge in [-0.15, -0.1) is 11.3 Å². The zero-order chi connectivity index (χ0) is 12.3. The van der Waals surface area contributed by atoms with Crippen molar-refractivity contribution >= 4 is 33.2 Å². The molecule has 2 aromatic rings. The first-order chi connectivity index (χ1) is 8.16. The van der Waals surface area contributed by atoms with Crippen molar-refractivity contribution in [1.82, 2.24) is 4.90 Å². The van der Waals surface area contributed by atoms with Gasteiger partial charge in [-0.3, -0.25) is 4.79 Å². The Labute approximate surface area is 113 Å². The molecule has 0 aliphatic rings. The molecule has 0 saturated carbocycles. The van der Waals surface area contributed by atoms with Gasteiger partial charge in [0.25, 0.3) is 5.91 Å². The molecule has 0 saturated heterocycles. The SMILES string of the molecule is CN(Cc1cccs1)C(=O)c1cccc(Br)c1. The topological polar surface area (TPSA) is 20.3 Å². The van der Waals surface area contributed by atoms with E-state index in [0.717, 1.165) is 4.47 Å². The van der Waals surface area contributed by atoms with Gasteiger partial charge < -0.3 is 4.90 Å². The van der Waals surface area contributed by atoms with Crippen molar-refractivity contribution in [1.29, 1.82) is 0 Å². The minimum absolute atomic E-state index is 0.0414. The van der Waals surface area contributed by atoms with E-state index in [1.807, 2.05) is 48.8 Å². The summed E-state index contributed by atoms with van der Waals surface area (Å²) in [6, 6.07) is 11.5. The summed E-state index contributed by atoms with van der Waals surface area (Å²) < 4.78 is 0.924. The number of amides is 1. The molecule has 0 fully saturated rings. The van der Waals surface area contributed by atoms with E-state index in [0.29, 0.717) is 12.1 Å². The molecule has 2 rings (SSSR count). The Bertz CT molecular complexity index is 510. The van der Waals surface area contributed by atoms with E-state index in [1.165, 1.54) is 4.88 Å². The summed E-state index contributed by atoms with van der Waals surface area (Å²) in [5, 5.41) is 2.02. The summed E-state index contributed by atoms with van der Waals surface area (Å²) in [5.41, 5.74) is 0.707. The molecule has 1 aromatic heterocycles. The van der Waals surface area contributed by atoms with Crippen molar-refractivity contribution in [2.45, 2.75) is 6.54 Å². The minimum Gasteiger partial charge on any atom is -0.337 e. The van der Waals surface area contributed by atoms with Crippen LogP contribution in [0.25, 0.3) is 0 Å². The Morgan fingerprint density at radius 3 is 2.82 bits per heavy atom. The van der Waals surface area contributed by atoms with E-state index in [-0.39, 0.29) is 5.91 Å². The Hall–Kier alpha value is -1.13. The number of benzene rings is 1. The monoisotopic (exact) mass is 309 g/mol. The third-order valence-corrected chi connectivity index (χ3v) is 3.75. The minimum atomic E-state index is 0.0414. The average molecular weight is 310 g/mol. The fourth-order valence-electron chi connectivity index (χ4n) is 1.55. The molecule has 0 aliphatic heterocycles. The number of halogens is 1. The fourth-order valence-corrected chi connectivity index (χ4v) is 2.71. The van der Waals surface area contributed by atoms with Crippen LogP contribution in [0.2, 0.25) is 0 Å². The molecule has 17 heavy (non-hydrogen) atoms. The zero-order valence-corrected chi connectivity index (χ0v) is 11.8. The normalized spacial score (nSPS) is 10.2. The van der Waals surface area contributed by atoms with Crippen molar-refractivity contribution in [2.24, 2.45) is 0 Å². The number of hydrogen-bond acceptors (Lipinski definition) is 2. The molecule has 0 radical (unpaired) electrons. The second-order valence-electron chi connectivity index (χ2n) is 3.75. The second kappa shape index (κ2) is 5.47. The maximum absolute atomic E-state index is 12.1. The van der Waals surface area contributed by atoms with E-state index in [9.17, 15) is 4.79 Å². The fraction of sp³-hybridized carbons (Fsp3) is 0.154. The lowest BCUT2D eigenvalue weighted by atomic mass is 10.2. The quantitative estimate of drug-likeness (QED) is 0.845. The van der Waals surface area contributed by atoms with Crippen molar-refractivity contribution in [3.05, 3.63) is 56.7 Å². The number of rotatable bonds is 3. The van der Waals surface area contributed by atoms with Gasteiger partial charge in [-0.25, -0.2) is 0 Å². The lowest BCUT2D eigenvalue weighted by molar-refractivity contribution is 0.0786. The lowest BCUT2D eigenvalue weighted by Crippen LogP contribution is -2.25. The van der Waals surface area contributed by atoms with Crippen molar-refractivity contribution < 1.29 is 4.79 Å². The highest BCUT2D eigenvalue weighted by atomic mass is 79.9. The summed E-state index contributed by atoms with van der Waals surface area (Å²) in [4.78, 5) is 15.1. The van der Waals surface area contributed by atoms with E-state index in [1.54, 1.807) is 16.2 Å². The molecular weight excluding hydrogens is 298 g/mol. The molecule has 0 bridgehead atoms. The molecule has 0 atom stereocenters. The van der Waals surface area contributed by atoms with E-state index in [4.69, 9.17) is 0 Å². The van der Waals surface area contributed by atoms with Crippen LogP contribution >= 0.6 is 27.3 Å². The highest BCUT2D eigenvalue weighted by Gasteiger charge is 2.12. The van der Waals surface area contributed by atoms with E-state index >= 15 is 0 Å². The number of nitrogens with zero attached hydrogens (tertiary/aromatic N) is 1. The zero-order valence-electron chi connectivity index (χ0n) is 9.39. The molecule has 2 nitrogen and oxygen atoms in total. The van der Waals surface area contributed by atoms with Crippen molar-refractivity contribution in [2.75, 3.05) is 7.05 Å². The molecular formula is C13H12BrNOS. The predicted molar refractivity (Wildman–Crippen MR) is 74.3 cm³/mol. The third-order valence-electron chi connectivity index (χ3n) is 2.39. The van der Waals surface area contributed by atoms with Gasteiger partial charge in [-0.1, -0.05) is 28.1 Å². The van der Waals surface area contributed by atoms with Gasteiger partial charge in [-0.2, -0.15) is 0 Å². The molecule has 0 N–H and O–H groups in total. The molecule has 88 valence electrons. The Balaban J connectivity index is 2.09. The van der Waals surface area contributed by atoms with Crippen LogP contribution in [0.5, 0.6) is 0 Å². The van der Waals surface area contributed by atoms with Gasteiger partial charge in [0.05, 0.1) is 6.54 Å². The van der Waals surface area contributed by atoms with Gasteiger partial charge >= 0.3 is 0 Å². The number of carbonyl (C=O) groups is 1. The molecule has 0 unspecified atom stereocenters. The first kappa shape index (κ1) is 12.3. The van der Waals surface area contributed by atoms with Gasteiger partial charge in [-0.05, 0) is 29.6 Å². The largest absolute Gasteiger partial charge is 0.337 e. The summed E-state index contributed by atoms with van der Waals surface area (Å²) in [7, 11) is 1.82. The van der Waals surface area contributed by atoms with Crippen LogP contribution < -0.4 is 0 Å². The van der Waals surface area contributed by atoms with Crippen LogP contribution in [0.3, 0.4) is 0 Å². The van der Waals surface area contributed by atoms with Crippen LogP contribution in [0, 0.1) is 0 Å². The highest BCUT2D eigenvalue weighted by molar-refractivity contribution is 9.10. The van der Waals surface area contributed by atoms with Gasteiger partial charge in [0, 0.05) is 22.0 Å². The first-order valence-electron chi connectivity index (χ1n) is 5.20. The average Bonchev–Trinajstić information content (AvgIpc) is 2.80. The highest BCUT2D eigenvalue weighted by Crippen LogP contribution is 2.16. The van der Waals surface area contributed by atoms with Crippen LogP contribution in [0.15, 0.2) is 46.3 Å².